The second-order valence-corrected chi connectivity index (χ2v) is 15.0. The van der Waals surface area contributed by atoms with Gasteiger partial charge in [-0.1, -0.05) is 46.6 Å². The highest BCUT2D eigenvalue weighted by Crippen LogP contribution is 2.83. The standard InChI is InChI=1S/C36H36Cl2FN3O5/c1-42-16-23(34(45)40-15-30(43)44)22-8-5-19(12-29(22)42)11-26-25-9-10-35(39,13-21-14-36(21,25)26)18-46-17-24-32(41-47-33(24)20-6-7-20)31-27(37)3-2-4-28(31)38/h2-5,8,12,16,20-21,25-26H,6-7,9-11,13-15,17-18H2,1H3,(H,40,45)(H,43,44). The minimum atomic E-state index is -1.37. The van der Waals surface area contributed by atoms with E-state index in [2.05, 4.69) is 22.6 Å². The Balaban J connectivity index is 0.913. The fourth-order valence-electron chi connectivity index (χ4n) is 8.69. The first kappa shape index (κ1) is 30.9. The summed E-state index contributed by atoms with van der Waals surface area (Å²) in [6.07, 6.45) is 7.67. The van der Waals surface area contributed by atoms with Gasteiger partial charge in [0.15, 0.2) is 0 Å². The molecule has 8 rings (SSSR count). The number of carbonyl (C=O) groups excluding carboxylic acids is 1. The number of aryl methyl sites for hydroxylation is 1. The normalized spacial score (nSPS) is 27.6. The van der Waals surface area contributed by atoms with E-state index in [9.17, 15) is 9.59 Å². The molecule has 2 N–H and O–H groups in total. The van der Waals surface area contributed by atoms with E-state index in [1.807, 2.05) is 17.7 Å². The number of benzene rings is 2. The lowest BCUT2D eigenvalue weighted by Crippen LogP contribution is -2.30. The van der Waals surface area contributed by atoms with Crippen LogP contribution in [-0.2, 0) is 29.6 Å². The minimum Gasteiger partial charge on any atom is -0.480 e. The number of hydrogen-bond acceptors (Lipinski definition) is 5. The lowest BCUT2D eigenvalue weighted by Gasteiger charge is -2.25. The van der Waals surface area contributed by atoms with E-state index in [1.54, 1.807) is 24.4 Å². The molecule has 0 bridgehead atoms. The average molecular weight is 681 g/mol. The van der Waals surface area contributed by atoms with Crippen LogP contribution in [0.15, 0.2) is 47.1 Å². The van der Waals surface area contributed by atoms with E-state index >= 15 is 4.39 Å². The zero-order valence-electron chi connectivity index (χ0n) is 26.0. The average Bonchev–Trinajstić information content (AvgIpc) is 3.98. The maximum Gasteiger partial charge on any atom is 0.322 e. The summed E-state index contributed by atoms with van der Waals surface area (Å²) in [5.41, 5.74) is 3.48. The number of carboxylic acids is 1. The van der Waals surface area contributed by atoms with Crippen molar-refractivity contribution in [1.29, 1.82) is 0 Å². The van der Waals surface area contributed by atoms with Gasteiger partial charge in [0.05, 0.1) is 28.8 Å². The van der Waals surface area contributed by atoms with Crippen molar-refractivity contribution in [1.82, 2.24) is 15.0 Å². The molecule has 4 aliphatic rings. The van der Waals surface area contributed by atoms with Crippen LogP contribution in [0.4, 0.5) is 4.39 Å². The van der Waals surface area contributed by atoms with Crippen molar-refractivity contribution in [2.75, 3.05) is 13.2 Å². The molecule has 0 radical (unpaired) electrons. The number of amides is 1. The van der Waals surface area contributed by atoms with Gasteiger partial charge < -0.3 is 24.3 Å². The summed E-state index contributed by atoms with van der Waals surface area (Å²) in [6, 6.07) is 11.5. The first-order valence-corrected chi connectivity index (χ1v) is 17.1. The summed E-state index contributed by atoms with van der Waals surface area (Å²) in [5, 5.41) is 17.5. The smallest absolute Gasteiger partial charge is 0.322 e. The molecular formula is C36H36Cl2FN3O5. The van der Waals surface area contributed by atoms with Gasteiger partial charge in [-0.25, -0.2) is 4.39 Å². The Morgan fingerprint density at radius 2 is 1.96 bits per heavy atom. The quantitative estimate of drug-likeness (QED) is 0.168. The Bertz CT molecular complexity index is 1900. The molecule has 5 unspecified atom stereocenters. The number of alkyl halides is 1. The highest BCUT2D eigenvalue weighted by atomic mass is 35.5. The number of ether oxygens (including phenoxy) is 1. The number of carbonyl (C=O) groups is 2. The molecule has 5 atom stereocenters. The lowest BCUT2D eigenvalue weighted by molar-refractivity contribution is -0.135. The van der Waals surface area contributed by atoms with E-state index in [-0.39, 0.29) is 18.6 Å². The van der Waals surface area contributed by atoms with Crippen LogP contribution in [0.25, 0.3) is 22.2 Å². The number of hydrogen-bond donors (Lipinski definition) is 2. The van der Waals surface area contributed by atoms with Crippen LogP contribution in [0.3, 0.4) is 0 Å². The maximum absolute atomic E-state index is 16.4. The van der Waals surface area contributed by atoms with Gasteiger partial charge in [0.1, 0.15) is 23.7 Å². The van der Waals surface area contributed by atoms with E-state index < -0.39 is 24.1 Å². The summed E-state index contributed by atoms with van der Waals surface area (Å²) in [5.74, 6) is 1.03. The Labute approximate surface area is 281 Å². The molecule has 1 spiro atoms. The molecule has 4 aliphatic carbocycles. The fraction of sp³-hybridized carbons (Fsp3) is 0.472. The Hall–Kier alpha value is -3.40. The zero-order chi connectivity index (χ0) is 32.7. The predicted molar refractivity (Wildman–Crippen MR) is 175 cm³/mol. The zero-order valence-corrected chi connectivity index (χ0v) is 27.5. The first-order chi connectivity index (χ1) is 22.6. The highest BCUT2D eigenvalue weighted by molar-refractivity contribution is 6.39. The van der Waals surface area contributed by atoms with Gasteiger partial charge in [0.2, 0.25) is 0 Å². The van der Waals surface area contributed by atoms with Gasteiger partial charge in [-0.05, 0) is 91.9 Å². The van der Waals surface area contributed by atoms with Crippen molar-refractivity contribution in [3.05, 3.63) is 75.1 Å². The van der Waals surface area contributed by atoms with Crippen LogP contribution in [0.5, 0.6) is 0 Å². The van der Waals surface area contributed by atoms with Gasteiger partial charge in [-0.15, -0.1) is 0 Å². The number of halogens is 3. The Kier molecular flexibility index (Phi) is 7.46. The highest BCUT2D eigenvalue weighted by Gasteiger charge is 2.78. The van der Waals surface area contributed by atoms with E-state index in [1.165, 1.54) is 5.56 Å². The van der Waals surface area contributed by atoms with Gasteiger partial charge in [0.25, 0.3) is 5.91 Å². The molecule has 0 aliphatic heterocycles. The van der Waals surface area contributed by atoms with Crippen molar-refractivity contribution >= 4 is 46.0 Å². The molecule has 4 fully saturated rings. The number of aliphatic carboxylic acids is 1. The summed E-state index contributed by atoms with van der Waals surface area (Å²) in [7, 11) is 1.89. The topological polar surface area (TPSA) is 107 Å². The second-order valence-electron chi connectivity index (χ2n) is 14.1. The summed E-state index contributed by atoms with van der Waals surface area (Å²) in [6.45, 7) is -0.187. The molecule has 2 aromatic heterocycles. The summed E-state index contributed by atoms with van der Waals surface area (Å²) < 4.78 is 30.2. The number of nitrogens with one attached hydrogen (secondary N) is 1. The van der Waals surface area contributed by atoms with Gasteiger partial charge in [-0.2, -0.15) is 0 Å². The van der Waals surface area contributed by atoms with Crippen LogP contribution in [0, 0.1) is 23.2 Å². The van der Waals surface area contributed by atoms with Crippen molar-refractivity contribution in [3.63, 3.8) is 0 Å². The minimum absolute atomic E-state index is 0.0362. The van der Waals surface area contributed by atoms with Crippen LogP contribution in [0.2, 0.25) is 10.0 Å². The molecule has 4 aromatic rings. The third-order valence-electron chi connectivity index (χ3n) is 11.2. The SMILES string of the molecule is Cn1cc(C(=O)NCC(=O)O)c2ccc(CC3C4CCC(F)(COCc5c(-c6c(Cl)cccc6Cl)noc5C5CC5)CC5CC543)cc21. The van der Waals surface area contributed by atoms with E-state index in [4.69, 9.17) is 37.6 Å². The number of fused-ring (bicyclic) bond motifs is 1. The third-order valence-corrected chi connectivity index (χ3v) is 11.8. The van der Waals surface area contributed by atoms with Crippen molar-refractivity contribution in [2.45, 2.75) is 63.1 Å². The first-order valence-electron chi connectivity index (χ1n) is 16.4. The number of carboxylic acid groups (broad SMARTS) is 1. The molecular weight excluding hydrogens is 644 g/mol. The molecule has 0 saturated heterocycles. The van der Waals surface area contributed by atoms with E-state index in [0.717, 1.165) is 54.3 Å². The Morgan fingerprint density at radius 3 is 2.70 bits per heavy atom. The molecule has 246 valence electrons. The molecule has 8 nitrogen and oxygen atoms in total. The number of nitrogens with zero attached hydrogens (tertiary/aromatic N) is 2. The van der Waals surface area contributed by atoms with Gasteiger partial charge in [-0.3, -0.25) is 9.59 Å². The van der Waals surface area contributed by atoms with E-state index in [0.29, 0.717) is 63.4 Å². The van der Waals surface area contributed by atoms with Crippen molar-refractivity contribution in [3.8, 4) is 11.3 Å². The monoisotopic (exact) mass is 679 g/mol. The second kappa shape index (κ2) is 11.3. The van der Waals surface area contributed by atoms with Gasteiger partial charge >= 0.3 is 5.97 Å². The molecule has 47 heavy (non-hydrogen) atoms. The molecule has 4 saturated carbocycles. The number of rotatable bonds is 11. The lowest BCUT2D eigenvalue weighted by atomic mass is 9.92. The molecule has 2 aromatic carbocycles. The van der Waals surface area contributed by atoms with Crippen LogP contribution in [0.1, 0.15) is 71.7 Å². The summed E-state index contributed by atoms with van der Waals surface area (Å²) >= 11 is 13.0. The largest absolute Gasteiger partial charge is 0.480 e. The van der Waals surface area contributed by atoms with Crippen LogP contribution in [-0.4, -0.2) is 45.5 Å². The summed E-state index contributed by atoms with van der Waals surface area (Å²) in [4.78, 5) is 23.5. The Morgan fingerprint density at radius 1 is 1.17 bits per heavy atom. The van der Waals surface area contributed by atoms with Crippen molar-refractivity contribution < 1.29 is 28.3 Å². The molecule has 1 amide bonds. The third kappa shape index (κ3) is 5.44. The van der Waals surface area contributed by atoms with Crippen LogP contribution >= 0.6 is 23.2 Å². The fourth-order valence-corrected chi connectivity index (χ4v) is 9.26. The number of aromatic nitrogens is 2. The predicted octanol–water partition coefficient (Wildman–Crippen LogP) is 7.74. The molecule has 2 heterocycles. The maximum atomic E-state index is 16.4. The molecule has 11 heteroatoms. The van der Waals surface area contributed by atoms with Crippen molar-refractivity contribution in [2.24, 2.45) is 30.2 Å². The van der Waals surface area contributed by atoms with Crippen LogP contribution < -0.4 is 5.32 Å². The van der Waals surface area contributed by atoms with Gasteiger partial charge in [0, 0.05) is 41.2 Å².